The minimum Gasteiger partial charge on any atom is -0.491 e. The summed E-state index contributed by atoms with van der Waals surface area (Å²) in [6, 6.07) is 17.7. The fraction of sp³-hybridized carbons (Fsp3) is 0.360. The number of rotatable bonds is 7. The van der Waals surface area contributed by atoms with Crippen LogP contribution in [0.3, 0.4) is 0 Å². The molecule has 0 bridgehead atoms. The number of ether oxygens (including phenoxy) is 1. The van der Waals surface area contributed by atoms with Crippen molar-refractivity contribution in [1.29, 1.82) is 0 Å². The zero-order valence-corrected chi connectivity index (χ0v) is 18.3. The highest BCUT2D eigenvalue weighted by atomic mass is 16.5. The Bertz CT molecular complexity index is 974. The Morgan fingerprint density at radius 3 is 2.35 bits per heavy atom. The van der Waals surface area contributed by atoms with Gasteiger partial charge in [0.2, 0.25) is 0 Å². The maximum atomic E-state index is 12.8. The largest absolute Gasteiger partial charge is 0.491 e. The second kappa shape index (κ2) is 9.79. The van der Waals surface area contributed by atoms with Gasteiger partial charge >= 0.3 is 0 Å². The van der Waals surface area contributed by atoms with Gasteiger partial charge in [-0.1, -0.05) is 30.3 Å². The van der Waals surface area contributed by atoms with Gasteiger partial charge in [-0.2, -0.15) is 0 Å². The molecule has 1 fully saturated rings. The molecule has 1 aliphatic heterocycles. The summed E-state index contributed by atoms with van der Waals surface area (Å²) in [4.78, 5) is 21.7. The lowest BCUT2D eigenvalue weighted by Crippen LogP contribution is -2.49. The van der Waals surface area contributed by atoms with E-state index in [4.69, 9.17) is 4.74 Å². The summed E-state index contributed by atoms with van der Waals surface area (Å²) in [6.45, 7) is 9.08. The minimum atomic E-state index is 0.0942. The van der Waals surface area contributed by atoms with Gasteiger partial charge in [0.1, 0.15) is 11.6 Å². The number of piperazine rings is 1. The third-order valence-corrected chi connectivity index (χ3v) is 5.54. The van der Waals surface area contributed by atoms with Gasteiger partial charge in [-0.05, 0) is 38.1 Å². The summed E-state index contributed by atoms with van der Waals surface area (Å²) in [5.41, 5.74) is 1.85. The molecule has 1 aromatic heterocycles. The van der Waals surface area contributed by atoms with Gasteiger partial charge in [-0.25, -0.2) is 4.98 Å². The summed E-state index contributed by atoms with van der Waals surface area (Å²) in [5.74, 6) is 1.89. The monoisotopic (exact) mass is 418 g/mol. The van der Waals surface area contributed by atoms with Gasteiger partial charge in [0.15, 0.2) is 0 Å². The number of hydrogen-bond acceptors (Lipinski definition) is 4. The third kappa shape index (κ3) is 5.33. The number of nitrogens with zero attached hydrogens (tertiary/aromatic N) is 4. The fourth-order valence-corrected chi connectivity index (χ4v) is 3.89. The van der Waals surface area contributed by atoms with Crippen LogP contribution in [-0.4, -0.2) is 64.1 Å². The summed E-state index contributed by atoms with van der Waals surface area (Å²) in [6.07, 6.45) is 4.02. The van der Waals surface area contributed by atoms with Crippen molar-refractivity contribution in [3.63, 3.8) is 0 Å². The Morgan fingerprint density at radius 2 is 1.68 bits per heavy atom. The van der Waals surface area contributed by atoms with E-state index < -0.39 is 0 Å². The molecule has 0 spiro atoms. The lowest BCUT2D eigenvalue weighted by atomic mass is 10.1. The lowest BCUT2D eigenvalue weighted by Gasteiger charge is -2.35. The normalized spacial score (nSPS) is 14.7. The number of carbonyl (C=O) groups is 1. The van der Waals surface area contributed by atoms with Gasteiger partial charge in [-0.15, -0.1) is 0 Å². The number of hydrogen-bond donors (Lipinski definition) is 0. The Kier molecular flexibility index (Phi) is 6.67. The van der Waals surface area contributed by atoms with Crippen molar-refractivity contribution in [2.24, 2.45) is 0 Å². The highest BCUT2D eigenvalue weighted by Gasteiger charge is 2.22. The SMILES string of the molecule is CC(C)Oc1ccc(C(=O)N2CCN(CCn3ccnc3-c3ccccc3)CC2)cc1. The minimum absolute atomic E-state index is 0.0942. The molecule has 0 saturated carbocycles. The molecule has 162 valence electrons. The van der Waals surface area contributed by atoms with Gasteiger partial charge < -0.3 is 14.2 Å². The van der Waals surface area contributed by atoms with Crippen molar-refractivity contribution in [3.8, 4) is 17.1 Å². The molecule has 0 atom stereocenters. The van der Waals surface area contributed by atoms with Gasteiger partial charge in [0, 0.05) is 62.8 Å². The van der Waals surface area contributed by atoms with Crippen LogP contribution in [-0.2, 0) is 6.54 Å². The molecule has 1 saturated heterocycles. The van der Waals surface area contributed by atoms with E-state index in [1.54, 1.807) is 0 Å². The Morgan fingerprint density at radius 1 is 0.968 bits per heavy atom. The molecule has 0 N–H and O–H groups in total. The fourth-order valence-electron chi connectivity index (χ4n) is 3.89. The Hall–Kier alpha value is -3.12. The Balaban J connectivity index is 1.28. The van der Waals surface area contributed by atoms with E-state index >= 15 is 0 Å². The average Bonchev–Trinajstić information content (AvgIpc) is 3.27. The van der Waals surface area contributed by atoms with Crippen molar-refractivity contribution in [2.45, 2.75) is 26.5 Å². The lowest BCUT2D eigenvalue weighted by molar-refractivity contribution is 0.0633. The van der Waals surface area contributed by atoms with Crippen LogP contribution in [0.25, 0.3) is 11.4 Å². The van der Waals surface area contributed by atoms with Crippen LogP contribution in [0.1, 0.15) is 24.2 Å². The van der Waals surface area contributed by atoms with E-state index in [0.29, 0.717) is 0 Å². The molecule has 1 amide bonds. The quantitative estimate of drug-likeness (QED) is 0.586. The molecular weight excluding hydrogens is 388 g/mol. The van der Waals surface area contributed by atoms with E-state index in [1.807, 2.05) is 73.6 Å². The first-order chi connectivity index (χ1) is 15.1. The van der Waals surface area contributed by atoms with Crippen LogP contribution >= 0.6 is 0 Å². The van der Waals surface area contributed by atoms with Gasteiger partial charge in [0.25, 0.3) is 5.91 Å². The van der Waals surface area contributed by atoms with Crippen molar-refractivity contribution >= 4 is 5.91 Å². The van der Waals surface area contributed by atoms with E-state index in [9.17, 15) is 4.79 Å². The third-order valence-electron chi connectivity index (χ3n) is 5.54. The van der Waals surface area contributed by atoms with Crippen LogP contribution in [0.5, 0.6) is 5.75 Å². The molecule has 4 rings (SSSR count). The van der Waals surface area contributed by atoms with Crippen LogP contribution < -0.4 is 4.74 Å². The summed E-state index contributed by atoms with van der Waals surface area (Å²) in [5, 5.41) is 0. The van der Waals surface area contributed by atoms with Crippen molar-refractivity contribution in [3.05, 3.63) is 72.6 Å². The first-order valence-corrected chi connectivity index (χ1v) is 10.9. The number of benzene rings is 2. The van der Waals surface area contributed by atoms with Crippen molar-refractivity contribution in [1.82, 2.24) is 19.4 Å². The average molecular weight is 419 g/mol. The topological polar surface area (TPSA) is 50.6 Å². The smallest absolute Gasteiger partial charge is 0.253 e. The standard InChI is InChI=1S/C25H30N4O2/c1-20(2)31-23-10-8-22(9-11-23)25(30)29-18-15-27(16-19-29)14-17-28-13-12-26-24(28)21-6-4-3-5-7-21/h3-13,20H,14-19H2,1-2H3. The van der Waals surface area contributed by atoms with E-state index in [-0.39, 0.29) is 12.0 Å². The molecule has 6 heteroatoms. The van der Waals surface area contributed by atoms with Gasteiger partial charge in [-0.3, -0.25) is 9.69 Å². The molecule has 3 aromatic rings. The molecule has 0 radical (unpaired) electrons. The molecule has 31 heavy (non-hydrogen) atoms. The zero-order chi connectivity index (χ0) is 21.6. The molecule has 2 aromatic carbocycles. The highest BCUT2D eigenvalue weighted by molar-refractivity contribution is 5.94. The number of aromatic nitrogens is 2. The van der Waals surface area contributed by atoms with Crippen LogP contribution in [0.15, 0.2) is 67.0 Å². The maximum absolute atomic E-state index is 12.8. The molecule has 0 unspecified atom stereocenters. The number of carbonyl (C=O) groups excluding carboxylic acids is 1. The van der Waals surface area contributed by atoms with Crippen LogP contribution in [0.2, 0.25) is 0 Å². The summed E-state index contributed by atoms with van der Waals surface area (Å²) in [7, 11) is 0. The maximum Gasteiger partial charge on any atom is 0.253 e. The van der Waals surface area contributed by atoms with E-state index in [0.717, 1.165) is 62.0 Å². The zero-order valence-electron chi connectivity index (χ0n) is 18.3. The number of amides is 1. The summed E-state index contributed by atoms with van der Waals surface area (Å²) >= 11 is 0. The Labute approximate surface area is 184 Å². The second-order valence-electron chi connectivity index (χ2n) is 8.14. The van der Waals surface area contributed by atoms with Crippen molar-refractivity contribution < 1.29 is 9.53 Å². The number of imidazole rings is 1. The molecule has 0 aliphatic carbocycles. The van der Waals surface area contributed by atoms with Gasteiger partial charge in [0.05, 0.1) is 6.10 Å². The predicted molar refractivity (Wildman–Crippen MR) is 122 cm³/mol. The molecular formula is C25H30N4O2. The van der Waals surface area contributed by atoms with Crippen molar-refractivity contribution in [2.75, 3.05) is 32.7 Å². The first kappa shape index (κ1) is 21.1. The predicted octanol–water partition coefficient (Wildman–Crippen LogP) is 3.80. The van der Waals surface area contributed by atoms with E-state index in [2.05, 4.69) is 26.6 Å². The molecule has 2 heterocycles. The molecule has 6 nitrogen and oxygen atoms in total. The van der Waals surface area contributed by atoms with Crippen LogP contribution in [0, 0.1) is 0 Å². The highest BCUT2D eigenvalue weighted by Crippen LogP contribution is 2.18. The molecule has 1 aliphatic rings. The second-order valence-corrected chi connectivity index (χ2v) is 8.14. The van der Waals surface area contributed by atoms with E-state index in [1.165, 1.54) is 0 Å². The summed E-state index contributed by atoms with van der Waals surface area (Å²) < 4.78 is 7.87. The van der Waals surface area contributed by atoms with Crippen LogP contribution in [0.4, 0.5) is 0 Å². The first-order valence-electron chi connectivity index (χ1n) is 10.9.